The van der Waals surface area contributed by atoms with Crippen molar-refractivity contribution in [3.05, 3.63) is 0 Å². The summed E-state index contributed by atoms with van der Waals surface area (Å²) in [5.41, 5.74) is 0. The molecule has 100 heavy (non-hydrogen) atoms. The molecule has 3 N–H and O–H groups in total. The monoisotopic (exact) mass is 1470 g/mol. The Kier molecular flexibility index (Phi) is 71.2. The zero-order valence-corrected chi connectivity index (χ0v) is 67.3. The van der Waals surface area contributed by atoms with Gasteiger partial charge in [0.05, 0.1) is 26.4 Å². The van der Waals surface area contributed by atoms with E-state index in [1.165, 1.54) is 238 Å². The zero-order chi connectivity index (χ0) is 73.5. The first-order valence-electron chi connectivity index (χ1n) is 42.0. The van der Waals surface area contributed by atoms with Gasteiger partial charge in [-0.3, -0.25) is 37.3 Å². The number of esters is 4. The Bertz CT molecular complexity index is 1920. The summed E-state index contributed by atoms with van der Waals surface area (Å²) in [6.07, 6.45) is 63.0. The SMILES string of the molecule is CCCCCCCCCCCCCCCCCCCCC(=O)OC[C@H](COP(=O)(O)OC[C@@H](O)COP(=O)(O)OC[C@@H](COC(=O)CCCCCCC)OC(=O)CCCCCCCCCCCCCCCC(C)C)OC(=O)CCCCCCCCCCCCCCCCCCCCC(C)C. The van der Waals surface area contributed by atoms with Gasteiger partial charge in [0.15, 0.2) is 12.2 Å². The number of hydrogen-bond acceptors (Lipinski definition) is 15. The molecule has 0 aromatic heterocycles. The molecule has 0 amide bonds. The second-order valence-corrected chi connectivity index (χ2v) is 33.0. The third-order valence-electron chi connectivity index (χ3n) is 19.0. The van der Waals surface area contributed by atoms with Gasteiger partial charge >= 0.3 is 39.5 Å². The molecule has 0 rings (SSSR count). The van der Waals surface area contributed by atoms with Gasteiger partial charge in [0.2, 0.25) is 0 Å². The fraction of sp³-hybridized carbons (Fsp3) is 0.951. The molecule has 0 aromatic carbocycles. The molecule has 0 saturated heterocycles. The van der Waals surface area contributed by atoms with Gasteiger partial charge in [-0.15, -0.1) is 0 Å². The van der Waals surface area contributed by atoms with Gasteiger partial charge in [-0.25, -0.2) is 9.13 Å². The first-order valence-corrected chi connectivity index (χ1v) is 45.0. The number of aliphatic hydroxyl groups is 1. The summed E-state index contributed by atoms with van der Waals surface area (Å²) >= 11 is 0. The Morgan fingerprint density at radius 3 is 0.680 bits per heavy atom. The first kappa shape index (κ1) is 98.1. The highest BCUT2D eigenvalue weighted by Gasteiger charge is 2.30. The van der Waals surface area contributed by atoms with Crippen molar-refractivity contribution in [3.63, 3.8) is 0 Å². The van der Waals surface area contributed by atoms with E-state index in [9.17, 15) is 43.2 Å². The second-order valence-electron chi connectivity index (χ2n) is 30.1. The molecule has 0 fully saturated rings. The predicted octanol–water partition coefficient (Wildman–Crippen LogP) is 24.3. The highest BCUT2D eigenvalue weighted by Crippen LogP contribution is 2.45. The molecule has 0 spiro atoms. The molecule has 0 heterocycles. The highest BCUT2D eigenvalue weighted by molar-refractivity contribution is 7.47. The van der Waals surface area contributed by atoms with Crippen molar-refractivity contribution in [3.8, 4) is 0 Å². The van der Waals surface area contributed by atoms with Gasteiger partial charge in [0.1, 0.15) is 19.3 Å². The van der Waals surface area contributed by atoms with E-state index in [1.807, 2.05) is 0 Å². The molecule has 0 radical (unpaired) electrons. The Labute approximate surface area is 613 Å². The van der Waals surface area contributed by atoms with Crippen LogP contribution in [0.5, 0.6) is 0 Å². The van der Waals surface area contributed by atoms with E-state index in [1.54, 1.807) is 0 Å². The Hall–Kier alpha value is -1.94. The molecule has 19 heteroatoms. The minimum Gasteiger partial charge on any atom is -0.462 e. The van der Waals surface area contributed by atoms with Crippen LogP contribution in [0, 0.1) is 11.8 Å². The largest absolute Gasteiger partial charge is 0.472 e. The van der Waals surface area contributed by atoms with Gasteiger partial charge in [0, 0.05) is 25.7 Å². The second kappa shape index (κ2) is 72.6. The standard InChI is InChI=1S/C81H158O17P2/c1-7-9-11-13-14-15-16-17-18-19-23-26-31-36-41-46-52-58-64-79(84)92-70-77(98-81(86)66-59-53-47-42-37-32-27-24-21-20-22-25-29-34-39-44-50-55-61-73(3)4)72-96-100(89,90)94-68-75(82)67-93-99(87,88)95-71-76(69-91-78(83)63-57-49-12-10-8-2)97-80(85)65-60-54-48-43-38-33-28-30-35-40-45-51-56-62-74(5)6/h73-77,82H,7-72H2,1-6H3,(H,87,88)(H,89,90)/t75-,76+,77+/m0/s1. The average Bonchev–Trinajstić information content (AvgIpc) is 0.944. The Morgan fingerprint density at radius 2 is 0.460 bits per heavy atom. The zero-order valence-electron chi connectivity index (χ0n) is 65.5. The number of ether oxygens (including phenoxy) is 4. The van der Waals surface area contributed by atoms with E-state index in [0.29, 0.717) is 25.7 Å². The highest BCUT2D eigenvalue weighted by atomic mass is 31.2. The number of hydrogen-bond donors (Lipinski definition) is 3. The number of carbonyl (C=O) groups excluding carboxylic acids is 4. The topological polar surface area (TPSA) is 237 Å². The van der Waals surface area contributed by atoms with Crippen LogP contribution in [0.25, 0.3) is 0 Å². The molecule has 0 aliphatic rings. The normalized spacial score (nSPS) is 13.9. The average molecular weight is 1470 g/mol. The molecule has 17 nitrogen and oxygen atoms in total. The van der Waals surface area contributed by atoms with E-state index >= 15 is 0 Å². The van der Waals surface area contributed by atoms with Crippen molar-refractivity contribution in [2.24, 2.45) is 11.8 Å². The van der Waals surface area contributed by atoms with Gasteiger partial charge in [-0.1, -0.05) is 375 Å². The maximum Gasteiger partial charge on any atom is 0.472 e. The minimum atomic E-state index is -4.96. The molecule has 594 valence electrons. The summed E-state index contributed by atoms with van der Waals surface area (Å²) in [5, 5.41) is 10.6. The van der Waals surface area contributed by atoms with E-state index < -0.39 is 97.5 Å². The smallest absolute Gasteiger partial charge is 0.462 e. The van der Waals surface area contributed by atoms with Crippen molar-refractivity contribution >= 4 is 39.5 Å². The predicted molar refractivity (Wildman–Crippen MR) is 409 cm³/mol. The Morgan fingerprint density at radius 1 is 0.270 bits per heavy atom. The number of carbonyl (C=O) groups is 4. The summed E-state index contributed by atoms with van der Waals surface area (Å²) in [5.74, 6) is -0.513. The fourth-order valence-electron chi connectivity index (χ4n) is 12.5. The molecule has 0 bridgehead atoms. The summed E-state index contributed by atoms with van der Waals surface area (Å²) in [7, 11) is -9.91. The Balaban J connectivity index is 5.12. The summed E-state index contributed by atoms with van der Waals surface area (Å²) in [6.45, 7) is 9.60. The molecular weight excluding hydrogens is 1310 g/mol. The number of phosphoric ester groups is 2. The third kappa shape index (κ3) is 74.3. The van der Waals surface area contributed by atoms with Crippen LogP contribution in [-0.4, -0.2) is 96.7 Å². The van der Waals surface area contributed by atoms with Crippen molar-refractivity contribution in [1.82, 2.24) is 0 Å². The van der Waals surface area contributed by atoms with Crippen molar-refractivity contribution in [1.29, 1.82) is 0 Å². The van der Waals surface area contributed by atoms with Gasteiger partial charge in [-0.2, -0.15) is 0 Å². The van der Waals surface area contributed by atoms with Crippen LogP contribution >= 0.6 is 15.6 Å². The van der Waals surface area contributed by atoms with Crippen LogP contribution in [0.2, 0.25) is 0 Å². The number of rotatable bonds is 80. The minimum absolute atomic E-state index is 0.107. The molecule has 0 aromatic rings. The quantitative estimate of drug-likeness (QED) is 0.0222. The van der Waals surface area contributed by atoms with E-state index in [2.05, 4.69) is 41.5 Å². The number of phosphoric acid groups is 2. The maximum atomic E-state index is 13.1. The number of unbranched alkanes of at least 4 members (excludes halogenated alkanes) is 50. The lowest BCUT2D eigenvalue weighted by Crippen LogP contribution is -2.30. The summed E-state index contributed by atoms with van der Waals surface area (Å²) < 4.78 is 68.5. The molecule has 0 aliphatic carbocycles. The van der Waals surface area contributed by atoms with E-state index in [4.69, 9.17) is 37.0 Å². The van der Waals surface area contributed by atoms with Crippen LogP contribution in [0.1, 0.15) is 427 Å². The van der Waals surface area contributed by atoms with Crippen LogP contribution in [0.15, 0.2) is 0 Å². The van der Waals surface area contributed by atoms with Gasteiger partial charge in [0.25, 0.3) is 0 Å². The third-order valence-corrected chi connectivity index (χ3v) is 20.9. The lowest BCUT2D eigenvalue weighted by molar-refractivity contribution is -0.161. The fourth-order valence-corrected chi connectivity index (χ4v) is 14.1. The maximum absolute atomic E-state index is 13.1. The van der Waals surface area contributed by atoms with Gasteiger partial charge < -0.3 is 33.8 Å². The lowest BCUT2D eigenvalue weighted by Gasteiger charge is -2.21. The molecule has 0 saturated carbocycles. The van der Waals surface area contributed by atoms with Crippen LogP contribution in [0.4, 0.5) is 0 Å². The van der Waals surface area contributed by atoms with Crippen LogP contribution in [-0.2, 0) is 65.4 Å². The molecular formula is C81H158O17P2. The number of aliphatic hydroxyl groups excluding tert-OH is 1. The first-order chi connectivity index (χ1) is 48.4. The molecule has 5 atom stereocenters. The lowest BCUT2D eigenvalue weighted by atomic mass is 10.0. The van der Waals surface area contributed by atoms with Crippen LogP contribution < -0.4 is 0 Å². The summed E-state index contributed by atoms with van der Waals surface area (Å²) in [4.78, 5) is 72.7. The van der Waals surface area contributed by atoms with Gasteiger partial charge in [-0.05, 0) is 37.5 Å². The molecule has 2 unspecified atom stereocenters. The van der Waals surface area contributed by atoms with Crippen LogP contribution in [0.3, 0.4) is 0 Å². The molecule has 0 aliphatic heterocycles. The van der Waals surface area contributed by atoms with Crippen molar-refractivity contribution in [2.45, 2.75) is 445 Å². The van der Waals surface area contributed by atoms with E-state index in [0.717, 1.165) is 108 Å². The van der Waals surface area contributed by atoms with E-state index in [-0.39, 0.29) is 25.7 Å². The van der Waals surface area contributed by atoms with Crippen molar-refractivity contribution in [2.75, 3.05) is 39.6 Å². The van der Waals surface area contributed by atoms with Crippen molar-refractivity contribution < 1.29 is 80.2 Å². The summed E-state index contributed by atoms with van der Waals surface area (Å²) in [6, 6.07) is 0.